The van der Waals surface area contributed by atoms with Crippen LogP contribution in [0.1, 0.15) is 49.3 Å². The molecule has 0 bridgehead atoms. The third-order valence-corrected chi connectivity index (χ3v) is 5.61. The summed E-state index contributed by atoms with van der Waals surface area (Å²) in [5.41, 5.74) is 2.48. The molecular formula is C22H29NO5. The van der Waals surface area contributed by atoms with Crippen LogP contribution < -0.4 is 5.32 Å². The third kappa shape index (κ3) is 3.92. The van der Waals surface area contributed by atoms with Crippen LogP contribution in [0.5, 0.6) is 0 Å². The number of rotatable bonds is 5. The highest BCUT2D eigenvalue weighted by Crippen LogP contribution is 2.43. The van der Waals surface area contributed by atoms with Crippen molar-refractivity contribution in [2.45, 2.75) is 52.0 Å². The molecule has 6 nitrogen and oxygen atoms in total. The minimum absolute atomic E-state index is 0.0127. The van der Waals surface area contributed by atoms with Crippen molar-refractivity contribution >= 4 is 17.5 Å². The molecule has 0 amide bonds. The van der Waals surface area contributed by atoms with E-state index in [9.17, 15) is 9.59 Å². The van der Waals surface area contributed by atoms with Crippen molar-refractivity contribution in [3.05, 3.63) is 40.8 Å². The molecular weight excluding hydrogens is 358 g/mol. The molecule has 1 saturated carbocycles. The van der Waals surface area contributed by atoms with E-state index in [4.69, 9.17) is 14.2 Å². The number of Topliss-reactive ketones (excluding diaryl/α,β-unsaturated/α-hetero) is 1. The highest BCUT2D eigenvalue weighted by atomic mass is 16.7. The van der Waals surface area contributed by atoms with Crippen molar-refractivity contribution in [3.63, 3.8) is 0 Å². The molecule has 1 spiro atoms. The smallest absolute Gasteiger partial charge is 0.434 e. The SMILES string of the molecule is CCOC(=O)OC1=C(c2cc(C)ccc2C)C(=O)[C@]2(CCC[C@H](COC)C2)N1. The topological polar surface area (TPSA) is 73.9 Å². The minimum Gasteiger partial charge on any atom is -0.434 e. The molecule has 3 rings (SSSR count). The van der Waals surface area contributed by atoms with Crippen molar-refractivity contribution in [2.75, 3.05) is 20.3 Å². The van der Waals surface area contributed by atoms with Gasteiger partial charge in [-0.15, -0.1) is 0 Å². The zero-order chi connectivity index (χ0) is 20.3. The van der Waals surface area contributed by atoms with E-state index in [1.54, 1.807) is 14.0 Å². The summed E-state index contributed by atoms with van der Waals surface area (Å²) >= 11 is 0. The first-order valence-electron chi connectivity index (χ1n) is 9.88. The van der Waals surface area contributed by atoms with Crippen molar-refractivity contribution in [3.8, 4) is 0 Å². The molecule has 1 N–H and O–H groups in total. The average Bonchev–Trinajstić information content (AvgIpc) is 2.89. The lowest BCUT2D eigenvalue weighted by molar-refractivity contribution is -0.120. The lowest BCUT2D eigenvalue weighted by Crippen LogP contribution is -2.51. The van der Waals surface area contributed by atoms with Crippen LogP contribution in [0.4, 0.5) is 4.79 Å². The maximum Gasteiger partial charge on any atom is 0.515 e. The fourth-order valence-corrected chi connectivity index (χ4v) is 4.32. The largest absolute Gasteiger partial charge is 0.515 e. The number of carbonyl (C=O) groups is 2. The molecule has 152 valence electrons. The molecule has 6 heteroatoms. The van der Waals surface area contributed by atoms with Gasteiger partial charge in [-0.05, 0) is 57.1 Å². The summed E-state index contributed by atoms with van der Waals surface area (Å²) in [6.07, 6.45) is 2.50. The number of carbonyl (C=O) groups excluding carboxylic acids is 2. The lowest BCUT2D eigenvalue weighted by Gasteiger charge is -2.37. The van der Waals surface area contributed by atoms with E-state index in [-0.39, 0.29) is 24.2 Å². The summed E-state index contributed by atoms with van der Waals surface area (Å²) in [4.78, 5) is 25.7. The Labute approximate surface area is 166 Å². The van der Waals surface area contributed by atoms with Gasteiger partial charge in [-0.3, -0.25) is 4.79 Å². The van der Waals surface area contributed by atoms with Crippen LogP contribution in [0.3, 0.4) is 0 Å². The zero-order valence-electron chi connectivity index (χ0n) is 17.1. The van der Waals surface area contributed by atoms with Gasteiger partial charge in [0, 0.05) is 13.7 Å². The van der Waals surface area contributed by atoms with E-state index in [2.05, 4.69) is 5.32 Å². The second-order valence-electron chi connectivity index (χ2n) is 7.76. The summed E-state index contributed by atoms with van der Waals surface area (Å²) in [7, 11) is 1.68. The first kappa shape index (κ1) is 20.4. The van der Waals surface area contributed by atoms with E-state index in [1.165, 1.54) is 0 Å². The Morgan fingerprint density at radius 2 is 2.11 bits per heavy atom. The van der Waals surface area contributed by atoms with Gasteiger partial charge >= 0.3 is 6.16 Å². The summed E-state index contributed by atoms with van der Waals surface area (Å²) in [5, 5.41) is 3.28. The molecule has 2 aliphatic rings. The zero-order valence-corrected chi connectivity index (χ0v) is 17.1. The van der Waals surface area contributed by atoms with Crippen molar-refractivity contribution in [2.24, 2.45) is 5.92 Å². The van der Waals surface area contributed by atoms with Crippen molar-refractivity contribution in [1.82, 2.24) is 5.32 Å². The first-order valence-corrected chi connectivity index (χ1v) is 9.88. The van der Waals surface area contributed by atoms with Crippen LogP contribution in [0.2, 0.25) is 0 Å². The fraction of sp³-hybridized carbons (Fsp3) is 0.545. The van der Waals surface area contributed by atoms with Crippen LogP contribution in [0.25, 0.3) is 5.57 Å². The number of nitrogens with one attached hydrogen (secondary N) is 1. The molecule has 1 aliphatic heterocycles. The first-order chi connectivity index (χ1) is 13.4. The third-order valence-electron chi connectivity index (χ3n) is 5.61. The van der Waals surface area contributed by atoms with Gasteiger partial charge in [-0.1, -0.05) is 30.2 Å². The van der Waals surface area contributed by atoms with Gasteiger partial charge < -0.3 is 19.5 Å². The summed E-state index contributed by atoms with van der Waals surface area (Å²) in [6, 6.07) is 5.95. The highest BCUT2D eigenvalue weighted by Gasteiger charge is 2.51. The Balaban J connectivity index is 2.01. The molecule has 2 atom stereocenters. The van der Waals surface area contributed by atoms with E-state index >= 15 is 0 Å². The van der Waals surface area contributed by atoms with Crippen LogP contribution >= 0.6 is 0 Å². The molecule has 1 heterocycles. The number of ketones is 1. The Morgan fingerprint density at radius 1 is 1.32 bits per heavy atom. The summed E-state index contributed by atoms with van der Waals surface area (Å²) in [5.74, 6) is 0.480. The quantitative estimate of drug-likeness (QED) is 0.773. The molecule has 0 unspecified atom stereocenters. The van der Waals surface area contributed by atoms with E-state index in [0.717, 1.165) is 29.5 Å². The predicted octanol–water partition coefficient (Wildman–Crippen LogP) is 3.89. The predicted molar refractivity (Wildman–Crippen MR) is 106 cm³/mol. The van der Waals surface area contributed by atoms with Gasteiger partial charge in [0.05, 0.1) is 12.2 Å². The second kappa shape index (κ2) is 8.35. The second-order valence-corrected chi connectivity index (χ2v) is 7.76. The molecule has 1 aromatic carbocycles. The van der Waals surface area contributed by atoms with Crippen LogP contribution in [0.15, 0.2) is 24.1 Å². The molecule has 1 fully saturated rings. The molecule has 0 radical (unpaired) electrons. The fourth-order valence-electron chi connectivity index (χ4n) is 4.32. The van der Waals surface area contributed by atoms with Gasteiger partial charge in [0.15, 0.2) is 5.78 Å². The minimum atomic E-state index is -0.804. The lowest BCUT2D eigenvalue weighted by atomic mass is 9.73. The number of methoxy groups -OCH3 is 1. The molecule has 28 heavy (non-hydrogen) atoms. The van der Waals surface area contributed by atoms with Gasteiger partial charge in [0.1, 0.15) is 5.54 Å². The van der Waals surface area contributed by atoms with Gasteiger partial charge in [0.2, 0.25) is 5.88 Å². The molecule has 0 aromatic heterocycles. The average molecular weight is 387 g/mol. The number of hydrogen-bond acceptors (Lipinski definition) is 6. The Hall–Kier alpha value is -2.34. The van der Waals surface area contributed by atoms with Gasteiger partial charge in [0.25, 0.3) is 0 Å². The van der Waals surface area contributed by atoms with E-state index in [0.29, 0.717) is 25.0 Å². The van der Waals surface area contributed by atoms with Crippen LogP contribution in [0, 0.1) is 19.8 Å². The Morgan fingerprint density at radius 3 is 2.82 bits per heavy atom. The maximum absolute atomic E-state index is 13.7. The monoisotopic (exact) mass is 387 g/mol. The Bertz CT molecular complexity index is 798. The van der Waals surface area contributed by atoms with Gasteiger partial charge in [-0.2, -0.15) is 0 Å². The summed E-state index contributed by atoms with van der Waals surface area (Å²) < 4.78 is 15.7. The number of hydrogen-bond donors (Lipinski definition) is 1. The Kier molecular flexibility index (Phi) is 6.08. The molecule has 1 aromatic rings. The normalized spacial score (nSPS) is 24.4. The van der Waals surface area contributed by atoms with E-state index in [1.807, 2.05) is 32.0 Å². The molecule has 1 aliphatic carbocycles. The van der Waals surface area contributed by atoms with Crippen molar-refractivity contribution < 1.29 is 23.8 Å². The van der Waals surface area contributed by atoms with E-state index < -0.39 is 11.7 Å². The number of aryl methyl sites for hydroxylation is 2. The number of benzene rings is 1. The summed E-state index contributed by atoms with van der Waals surface area (Å²) in [6.45, 7) is 6.47. The standard InChI is InChI=1S/C22H29NO5/c1-5-27-21(25)28-20-18(17-11-14(2)8-9-15(17)3)19(24)22(23-20)10-6-7-16(12-22)13-26-4/h8-9,11,16,23H,5-7,10,12-13H2,1-4H3/t16-,22+/m0/s1. The molecule has 0 saturated heterocycles. The van der Waals surface area contributed by atoms with Crippen molar-refractivity contribution in [1.29, 1.82) is 0 Å². The van der Waals surface area contributed by atoms with Crippen LogP contribution in [-0.2, 0) is 19.0 Å². The van der Waals surface area contributed by atoms with Gasteiger partial charge in [-0.25, -0.2) is 4.79 Å². The van der Waals surface area contributed by atoms with Crippen LogP contribution in [-0.4, -0.2) is 37.8 Å². The number of ether oxygens (including phenoxy) is 3. The highest BCUT2D eigenvalue weighted by molar-refractivity contribution is 6.28. The maximum atomic E-state index is 13.7.